The second kappa shape index (κ2) is 8.06. The van der Waals surface area contributed by atoms with Gasteiger partial charge in [0.1, 0.15) is 5.82 Å². The zero-order chi connectivity index (χ0) is 17.7. The number of hydrogen-bond donors (Lipinski definition) is 1. The molecule has 0 saturated carbocycles. The largest absolute Gasteiger partial charge is 0.481 e. The molecule has 0 aliphatic rings. The van der Waals surface area contributed by atoms with E-state index in [4.69, 9.17) is 5.11 Å². The lowest BCUT2D eigenvalue weighted by molar-refractivity contribution is -0.137. The lowest BCUT2D eigenvalue weighted by Crippen LogP contribution is -2.26. The smallest absolute Gasteiger partial charge is 0.304 e. The van der Waals surface area contributed by atoms with Crippen LogP contribution in [0.15, 0.2) is 36.4 Å². The minimum atomic E-state index is -0.809. The molecule has 2 aromatic carbocycles. The van der Waals surface area contributed by atoms with Gasteiger partial charge in [-0.25, -0.2) is 4.39 Å². The first-order chi connectivity index (χ1) is 11.3. The first-order valence-corrected chi connectivity index (χ1v) is 8.10. The monoisotopic (exact) mass is 329 g/mol. The topological polar surface area (TPSA) is 40.5 Å². The van der Waals surface area contributed by atoms with Crippen LogP contribution >= 0.6 is 0 Å². The summed E-state index contributed by atoms with van der Waals surface area (Å²) in [5.74, 6) is -1.07. The molecule has 2 aromatic rings. The van der Waals surface area contributed by atoms with Crippen LogP contribution in [-0.4, -0.2) is 22.5 Å². The number of benzene rings is 2. The Morgan fingerprint density at radius 1 is 1.04 bits per heavy atom. The van der Waals surface area contributed by atoms with Crippen molar-refractivity contribution in [2.75, 3.05) is 6.54 Å². The summed E-state index contributed by atoms with van der Waals surface area (Å²) >= 11 is 0. The third-order valence-corrected chi connectivity index (χ3v) is 4.18. The van der Waals surface area contributed by atoms with E-state index < -0.39 is 5.97 Å². The van der Waals surface area contributed by atoms with E-state index in [2.05, 4.69) is 37.8 Å². The Kier molecular flexibility index (Phi) is 6.10. The number of carboxylic acid groups (broad SMARTS) is 1. The third kappa shape index (κ3) is 5.17. The molecule has 4 heteroatoms. The SMILES string of the molecule is Cc1cc(C)c(CN(CCC(=O)O)Cc2ccc(F)cc2)c(C)c1. The second-order valence-electron chi connectivity index (χ2n) is 6.36. The lowest BCUT2D eigenvalue weighted by atomic mass is 9.99. The van der Waals surface area contributed by atoms with Crippen LogP contribution in [0.1, 0.15) is 34.2 Å². The van der Waals surface area contributed by atoms with E-state index in [9.17, 15) is 9.18 Å². The Morgan fingerprint density at radius 2 is 1.62 bits per heavy atom. The molecule has 0 heterocycles. The number of hydrogen-bond acceptors (Lipinski definition) is 2. The van der Waals surface area contributed by atoms with Crippen molar-refractivity contribution < 1.29 is 14.3 Å². The highest BCUT2D eigenvalue weighted by Gasteiger charge is 2.13. The summed E-state index contributed by atoms with van der Waals surface area (Å²) in [6.45, 7) is 7.98. The van der Waals surface area contributed by atoms with E-state index in [-0.39, 0.29) is 12.2 Å². The molecule has 0 radical (unpaired) electrons. The van der Waals surface area contributed by atoms with Gasteiger partial charge in [-0.3, -0.25) is 9.69 Å². The van der Waals surface area contributed by atoms with Crippen molar-refractivity contribution in [3.63, 3.8) is 0 Å². The highest BCUT2D eigenvalue weighted by atomic mass is 19.1. The van der Waals surface area contributed by atoms with Crippen LogP contribution in [0, 0.1) is 26.6 Å². The van der Waals surface area contributed by atoms with Gasteiger partial charge in [-0.2, -0.15) is 0 Å². The lowest BCUT2D eigenvalue weighted by Gasteiger charge is -2.24. The average molecular weight is 329 g/mol. The predicted molar refractivity (Wildman–Crippen MR) is 93.4 cm³/mol. The van der Waals surface area contributed by atoms with Gasteiger partial charge in [0, 0.05) is 19.6 Å². The fourth-order valence-corrected chi connectivity index (χ4v) is 3.00. The van der Waals surface area contributed by atoms with Crippen LogP contribution in [0.2, 0.25) is 0 Å². The number of rotatable bonds is 7. The molecule has 0 bridgehead atoms. The van der Waals surface area contributed by atoms with Gasteiger partial charge in [0.15, 0.2) is 0 Å². The van der Waals surface area contributed by atoms with Crippen LogP contribution in [0.5, 0.6) is 0 Å². The van der Waals surface area contributed by atoms with Gasteiger partial charge in [0.05, 0.1) is 6.42 Å². The van der Waals surface area contributed by atoms with Crippen molar-refractivity contribution in [2.24, 2.45) is 0 Å². The number of halogens is 1. The molecular formula is C20H24FNO2. The number of aryl methyl sites for hydroxylation is 3. The highest BCUT2D eigenvalue weighted by molar-refractivity contribution is 5.66. The van der Waals surface area contributed by atoms with E-state index in [0.717, 1.165) is 5.56 Å². The van der Waals surface area contributed by atoms with E-state index >= 15 is 0 Å². The summed E-state index contributed by atoms with van der Waals surface area (Å²) in [5.41, 5.74) is 5.86. The molecule has 0 spiro atoms. The number of nitrogens with zero attached hydrogens (tertiary/aromatic N) is 1. The van der Waals surface area contributed by atoms with Crippen molar-refractivity contribution in [1.29, 1.82) is 0 Å². The molecule has 0 aliphatic carbocycles. The molecule has 128 valence electrons. The van der Waals surface area contributed by atoms with Gasteiger partial charge in [0.2, 0.25) is 0 Å². The van der Waals surface area contributed by atoms with Gasteiger partial charge in [-0.1, -0.05) is 29.8 Å². The van der Waals surface area contributed by atoms with Gasteiger partial charge < -0.3 is 5.11 Å². The Hall–Kier alpha value is -2.20. The molecule has 0 fully saturated rings. The molecule has 1 N–H and O–H groups in total. The van der Waals surface area contributed by atoms with Crippen molar-refractivity contribution in [1.82, 2.24) is 4.90 Å². The van der Waals surface area contributed by atoms with Crippen molar-refractivity contribution in [3.8, 4) is 0 Å². The predicted octanol–water partition coefficient (Wildman–Crippen LogP) is 4.23. The molecule has 0 aliphatic heterocycles. The molecule has 24 heavy (non-hydrogen) atoms. The van der Waals surface area contributed by atoms with Crippen molar-refractivity contribution in [2.45, 2.75) is 40.3 Å². The van der Waals surface area contributed by atoms with Gasteiger partial charge in [-0.15, -0.1) is 0 Å². The normalized spacial score (nSPS) is 11.0. The maximum Gasteiger partial charge on any atom is 0.304 e. The molecule has 0 saturated heterocycles. The molecule has 3 nitrogen and oxygen atoms in total. The summed E-state index contributed by atoms with van der Waals surface area (Å²) in [5, 5.41) is 9.00. The maximum absolute atomic E-state index is 13.1. The van der Waals surface area contributed by atoms with Crippen molar-refractivity contribution >= 4 is 5.97 Å². The maximum atomic E-state index is 13.1. The molecule has 0 aromatic heterocycles. The van der Waals surface area contributed by atoms with Crippen LogP contribution in [0.3, 0.4) is 0 Å². The van der Waals surface area contributed by atoms with Gasteiger partial charge >= 0.3 is 5.97 Å². The van der Waals surface area contributed by atoms with E-state index in [1.54, 1.807) is 12.1 Å². The Balaban J connectivity index is 2.19. The standard InChI is InChI=1S/C20H24FNO2/c1-14-10-15(2)19(16(3)11-14)13-22(9-8-20(23)24)12-17-4-6-18(21)7-5-17/h4-7,10-11H,8-9,12-13H2,1-3H3,(H,23,24). The zero-order valence-corrected chi connectivity index (χ0v) is 14.5. The number of carboxylic acids is 1. The molecule has 2 rings (SSSR count). The Morgan fingerprint density at radius 3 is 2.17 bits per heavy atom. The van der Waals surface area contributed by atoms with Gasteiger partial charge in [0.25, 0.3) is 0 Å². The number of carbonyl (C=O) groups is 1. The molecule has 0 atom stereocenters. The first-order valence-electron chi connectivity index (χ1n) is 8.10. The van der Waals surface area contributed by atoms with E-state index in [0.29, 0.717) is 19.6 Å². The molecule has 0 unspecified atom stereocenters. The minimum absolute atomic E-state index is 0.0884. The molecular weight excluding hydrogens is 305 g/mol. The van der Waals surface area contributed by atoms with Crippen LogP contribution in [0.4, 0.5) is 4.39 Å². The zero-order valence-electron chi connectivity index (χ0n) is 14.5. The summed E-state index contributed by atoms with van der Waals surface area (Å²) in [4.78, 5) is 13.1. The Bertz CT molecular complexity index is 687. The number of aliphatic carboxylic acids is 1. The fourth-order valence-electron chi connectivity index (χ4n) is 3.00. The van der Waals surface area contributed by atoms with E-state index in [1.165, 1.54) is 34.4 Å². The Labute approximate surface area is 142 Å². The quantitative estimate of drug-likeness (QED) is 0.826. The minimum Gasteiger partial charge on any atom is -0.481 e. The van der Waals surface area contributed by atoms with Crippen molar-refractivity contribution in [3.05, 3.63) is 70.0 Å². The second-order valence-corrected chi connectivity index (χ2v) is 6.36. The highest BCUT2D eigenvalue weighted by Crippen LogP contribution is 2.20. The summed E-state index contributed by atoms with van der Waals surface area (Å²) in [6.07, 6.45) is 0.0884. The summed E-state index contributed by atoms with van der Waals surface area (Å²) in [7, 11) is 0. The van der Waals surface area contributed by atoms with Crippen LogP contribution in [0.25, 0.3) is 0 Å². The third-order valence-electron chi connectivity index (χ3n) is 4.18. The van der Waals surface area contributed by atoms with Crippen LogP contribution in [-0.2, 0) is 17.9 Å². The van der Waals surface area contributed by atoms with Crippen LogP contribution < -0.4 is 0 Å². The molecule has 0 amide bonds. The first kappa shape index (κ1) is 18.1. The van der Waals surface area contributed by atoms with Gasteiger partial charge in [-0.05, 0) is 55.2 Å². The summed E-state index contributed by atoms with van der Waals surface area (Å²) in [6, 6.07) is 10.7. The summed E-state index contributed by atoms with van der Waals surface area (Å²) < 4.78 is 13.1. The van der Waals surface area contributed by atoms with E-state index in [1.807, 2.05) is 0 Å². The fraction of sp³-hybridized carbons (Fsp3) is 0.350. The average Bonchev–Trinajstić information content (AvgIpc) is 2.50.